The summed E-state index contributed by atoms with van der Waals surface area (Å²) in [7, 11) is 0. The summed E-state index contributed by atoms with van der Waals surface area (Å²) in [6.07, 6.45) is 1.98. The minimum atomic E-state index is -1.12. The molecule has 4 aromatic rings. The highest BCUT2D eigenvalue weighted by atomic mass is 35.5. The number of halogens is 2. The molecule has 0 aliphatic rings. The van der Waals surface area contributed by atoms with E-state index in [0.717, 1.165) is 11.1 Å². The molecule has 0 saturated heterocycles. The van der Waals surface area contributed by atoms with Crippen LogP contribution in [0, 0.1) is 5.82 Å². The lowest BCUT2D eigenvalue weighted by Crippen LogP contribution is -2.40. The van der Waals surface area contributed by atoms with Crippen molar-refractivity contribution in [1.82, 2.24) is 25.4 Å². The number of carboxylic acid groups (broad SMARTS) is 1. The summed E-state index contributed by atoms with van der Waals surface area (Å²) in [6.45, 7) is 6.25. The number of rotatable bonds is 11. The van der Waals surface area contributed by atoms with Gasteiger partial charge in [-0.3, -0.25) is 4.98 Å². The van der Waals surface area contributed by atoms with E-state index in [4.69, 9.17) is 26.2 Å². The molecule has 0 aliphatic heterocycles. The highest BCUT2D eigenvalue weighted by Crippen LogP contribution is 2.30. The number of aromatic nitrogens is 3. The van der Waals surface area contributed by atoms with Gasteiger partial charge in [0.1, 0.15) is 23.8 Å². The van der Waals surface area contributed by atoms with Gasteiger partial charge in [-0.05, 0) is 69.7 Å². The van der Waals surface area contributed by atoms with Crippen molar-refractivity contribution in [2.75, 3.05) is 31.6 Å². The number of hydrogen-bond donors (Lipinski definition) is 3. The normalized spacial score (nSPS) is 11.2. The number of carbonyl (C=O) groups excluding carboxylic acids is 1. The van der Waals surface area contributed by atoms with Crippen LogP contribution in [0.4, 0.5) is 25.4 Å². The van der Waals surface area contributed by atoms with Crippen molar-refractivity contribution in [1.29, 1.82) is 0 Å². The topological polar surface area (TPSA) is 139 Å². The number of anilines is 2. The number of hydrogen-bond acceptors (Lipinski definition) is 8. The van der Waals surface area contributed by atoms with Crippen molar-refractivity contribution < 1.29 is 28.6 Å². The maximum Gasteiger partial charge on any atom is 0.410 e. The average molecular weight is 611 g/mol. The summed E-state index contributed by atoms with van der Waals surface area (Å²) in [5, 5.41) is 23.6. The number of fused-ring (bicyclic) bond motifs is 1. The van der Waals surface area contributed by atoms with Gasteiger partial charge in [-0.15, -0.1) is 0 Å². The lowest BCUT2D eigenvalue weighted by atomic mass is 10.1. The van der Waals surface area contributed by atoms with Gasteiger partial charge in [-0.25, -0.2) is 14.0 Å². The van der Waals surface area contributed by atoms with Gasteiger partial charge in [0.05, 0.1) is 29.6 Å². The van der Waals surface area contributed by atoms with Crippen molar-refractivity contribution in [3.05, 3.63) is 71.8 Å². The Kier molecular flexibility index (Phi) is 10.1. The number of carbonyl (C=O) groups is 2. The minimum Gasteiger partial charge on any atom is -0.492 e. The molecule has 0 atom stereocenters. The molecule has 2 amide bonds. The van der Waals surface area contributed by atoms with Crippen molar-refractivity contribution in [3.63, 3.8) is 0 Å². The molecule has 4 rings (SSSR count). The Morgan fingerprint density at radius 2 is 1.91 bits per heavy atom. The third kappa shape index (κ3) is 9.14. The first-order valence-electron chi connectivity index (χ1n) is 13.5. The van der Waals surface area contributed by atoms with E-state index in [2.05, 4.69) is 25.8 Å². The first-order valence-corrected chi connectivity index (χ1v) is 13.9. The highest BCUT2D eigenvalue weighted by Gasteiger charge is 2.22. The van der Waals surface area contributed by atoms with Crippen molar-refractivity contribution in [2.24, 2.45) is 0 Å². The van der Waals surface area contributed by atoms with E-state index < -0.39 is 23.6 Å². The summed E-state index contributed by atoms with van der Waals surface area (Å²) < 4.78 is 25.8. The molecule has 226 valence electrons. The number of pyridine rings is 1. The van der Waals surface area contributed by atoms with Crippen LogP contribution in [0.3, 0.4) is 0 Å². The molecule has 13 heteroatoms. The minimum absolute atomic E-state index is 0.181. The molecule has 2 aromatic heterocycles. The maximum absolute atomic E-state index is 14.4. The molecule has 11 nitrogen and oxygen atoms in total. The van der Waals surface area contributed by atoms with Crippen LogP contribution in [0.15, 0.2) is 60.9 Å². The first-order chi connectivity index (χ1) is 20.5. The van der Waals surface area contributed by atoms with Crippen LogP contribution in [-0.4, -0.2) is 69.2 Å². The molecule has 0 radical (unpaired) electrons. The Bertz CT molecular complexity index is 1600. The van der Waals surface area contributed by atoms with Crippen molar-refractivity contribution >= 4 is 46.1 Å². The average Bonchev–Trinajstić information content (AvgIpc) is 2.94. The van der Waals surface area contributed by atoms with Gasteiger partial charge in [0, 0.05) is 47.0 Å². The van der Waals surface area contributed by atoms with Crippen LogP contribution in [0.1, 0.15) is 27.2 Å². The lowest BCUT2D eigenvalue weighted by Gasteiger charge is -2.27. The monoisotopic (exact) mass is 610 g/mol. The zero-order valence-corrected chi connectivity index (χ0v) is 24.7. The second-order valence-electron chi connectivity index (χ2n) is 10.5. The number of benzene rings is 2. The van der Waals surface area contributed by atoms with Crippen LogP contribution in [-0.2, 0) is 4.74 Å². The molecule has 2 aromatic carbocycles. The molecule has 43 heavy (non-hydrogen) atoms. The Labute approximate surface area is 253 Å². The molecule has 2 heterocycles. The third-order valence-electron chi connectivity index (χ3n) is 6.01. The second kappa shape index (κ2) is 14.0. The highest BCUT2D eigenvalue weighted by molar-refractivity contribution is 6.30. The fraction of sp³-hybridized carbons (Fsp3) is 0.300. The van der Waals surface area contributed by atoms with E-state index in [1.165, 1.54) is 29.3 Å². The molecular weight excluding hydrogens is 579 g/mol. The van der Waals surface area contributed by atoms with Gasteiger partial charge in [-0.1, -0.05) is 11.6 Å². The number of nitrogens with one attached hydrogen (secondary N) is 2. The van der Waals surface area contributed by atoms with Gasteiger partial charge in [0.2, 0.25) is 0 Å². The molecule has 0 spiro atoms. The van der Waals surface area contributed by atoms with Gasteiger partial charge >= 0.3 is 12.2 Å². The van der Waals surface area contributed by atoms with Crippen LogP contribution in [0.5, 0.6) is 5.75 Å². The van der Waals surface area contributed by atoms with Crippen LogP contribution >= 0.6 is 11.6 Å². The number of nitrogens with zero attached hydrogens (tertiary/aromatic N) is 4. The van der Waals surface area contributed by atoms with Crippen molar-refractivity contribution in [2.45, 2.75) is 32.8 Å². The smallest absolute Gasteiger partial charge is 0.410 e. The lowest BCUT2D eigenvalue weighted by molar-refractivity contribution is 0.0225. The SMILES string of the molecule is CC(C)(C)OC(=O)N(CCCNC(=O)O)CCOc1ccc2c(Nc3cnnc(-c4cc(Cl)ccc4F)c3)ccnc2c1. The molecule has 0 saturated carbocycles. The van der Waals surface area contributed by atoms with Gasteiger partial charge in [0.25, 0.3) is 0 Å². The Hall–Kier alpha value is -4.71. The molecule has 0 bridgehead atoms. The molecular formula is C30H32ClFN6O5. The van der Waals surface area contributed by atoms with E-state index in [1.807, 2.05) is 6.07 Å². The fourth-order valence-corrected chi connectivity index (χ4v) is 4.27. The van der Waals surface area contributed by atoms with E-state index in [-0.39, 0.29) is 25.3 Å². The summed E-state index contributed by atoms with van der Waals surface area (Å²) in [4.78, 5) is 29.4. The summed E-state index contributed by atoms with van der Waals surface area (Å²) in [6, 6.07) is 13.2. The summed E-state index contributed by atoms with van der Waals surface area (Å²) in [5.41, 5.74) is 1.90. The van der Waals surface area contributed by atoms with Gasteiger partial charge < -0.3 is 30.1 Å². The second-order valence-corrected chi connectivity index (χ2v) is 11.0. The number of amides is 2. The predicted molar refractivity (Wildman–Crippen MR) is 161 cm³/mol. The third-order valence-corrected chi connectivity index (χ3v) is 6.25. The van der Waals surface area contributed by atoms with Crippen molar-refractivity contribution in [3.8, 4) is 17.0 Å². The van der Waals surface area contributed by atoms with E-state index in [0.29, 0.717) is 40.6 Å². The van der Waals surface area contributed by atoms with E-state index >= 15 is 0 Å². The zero-order chi connectivity index (χ0) is 31.0. The summed E-state index contributed by atoms with van der Waals surface area (Å²) >= 11 is 6.04. The largest absolute Gasteiger partial charge is 0.492 e. The van der Waals surface area contributed by atoms with Crippen LogP contribution < -0.4 is 15.4 Å². The number of ether oxygens (including phenoxy) is 2. The maximum atomic E-state index is 14.4. The quantitative estimate of drug-likeness (QED) is 0.162. The zero-order valence-electron chi connectivity index (χ0n) is 23.9. The molecule has 0 fully saturated rings. The van der Waals surface area contributed by atoms with E-state index in [9.17, 15) is 14.0 Å². The molecule has 0 unspecified atom stereocenters. The Balaban J connectivity index is 1.43. The molecule has 0 aliphatic carbocycles. The standard InChI is InChI=1S/C30H32ClFN6O5/c1-30(2,3)43-29(41)38(12-4-10-34-28(39)40)13-14-42-21-6-7-22-25(9-11-33-26(22)17-21)36-20-16-27(37-35-18-20)23-15-19(31)5-8-24(23)32/h5-9,11,15-18,34H,4,10,12-14H2,1-3H3,(H,39,40)(H,33,36,37). The fourth-order valence-electron chi connectivity index (χ4n) is 4.10. The first kappa shape index (κ1) is 31.2. The van der Waals surface area contributed by atoms with Gasteiger partial charge in [-0.2, -0.15) is 10.2 Å². The van der Waals surface area contributed by atoms with E-state index in [1.54, 1.807) is 51.2 Å². The van der Waals surface area contributed by atoms with Gasteiger partial charge in [0.15, 0.2) is 0 Å². The summed E-state index contributed by atoms with van der Waals surface area (Å²) in [5.74, 6) is 0.0975. The molecule has 3 N–H and O–H groups in total. The van der Waals surface area contributed by atoms with Crippen LogP contribution in [0.2, 0.25) is 5.02 Å². The Morgan fingerprint density at radius 1 is 1.09 bits per heavy atom. The Morgan fingerprint density at radius 3 is 2.67 bits per heavy atom. The predicted octanol–water partition coefficient (Wildman–Crippen LogP) is 6.50. The van der Waals surface area contributed by atoms with Crippen LogP contribution in [0.25, 0.3) is 22.2 Å².